The number of hydrogen-bond acceptors (Lipinski definition) is 7. The summed E-state index contributed by atoms with van der Waals surface area (Å²) < 4.78 is 20.5. The molecule has 1 N–H and O–H groups in total. The number of carbonyl (C=O) groups is 2. The van der Waals surface area contributed by atoms with Gasteiger partial charge in [0.1, 0.15) is 18.0 Å². The number of methoxy groups -OCH3 is 2. The van der Waals surface area contributed by atoms with Crippen molar-refractivity contribution in [3.05, 3.63) is 64.2 Å². The van der Waals surface area contributed by atoms with E-state index in [0.29, 0.717) is 67.5 Å². The molecule has 3 atom stereocenters. The molecular weight excluding hydrogens is 608 g/mol. The van der Waals surface area contributed by atoms with E-state index in [1.807, 2.05) is 48.2 Å². The summed E-state index contributed by atoms with van der Waals surface area (Å²) in [6.07, 6.45) is 2.08. The lowest BCUT2D eigenvalue weighted by Crippen LogP contribution is -2.41. The number of amides is 1. The van der Waals surface area contributed by atoms with Crippen LogP contribution in [0.25, 0.3) is 5.69 Å². The number of likely N-dealkylation sites (tertiary alicyclic amines) is 1. The van der Waals surface area contributed by atoms with Gasteiger partial charge in [-0.15, -0.1) is 10.2 Å². The molecule has 2 aromatic carbocycles. The molecule has 0 bridgehead atoms. The number of aliphatic carboxylic acids is 1. The number of para-hydroxylation sites is 1. The molecule has 2 aliphatic rings. The van der Waals surface area contributed by atoms with Gasteiger partial charge in [-0.25, -0.2) is 0 Å². The van der Waals surface area contributed by atoms with Crippen molar-refractivity contribution in [3.63, 3.8) is 0 Å². The van der Waals surface area contributed by atoms with Crippen LogP contribution in [0, 0.1) is 17.3 Å². The summed E-state index contributed by atoms with van der Waals surface area (Å²) in [6, 6.07) is 11.4. The second kappa shape index (κ2) is 14.0. The molecule has 0 aliphatic carbocycles. The molecule has 10 nitrogen and oxygen atoms in total. The molecule has 1 fully saturated rings. The number of fused-ring (bicyclic) bond motifs is 3. The molecule has 0 saturated carbocycles. The van der Waals surface area contributed by atoms with Gasteiger partial charge >= 0.3 is 5.97 Å². The summed E-state index contributed by atoms with van der Waals surface area (Å²) in [7, 11) is 3.20. The molecule has 2 aliphatic heterocycles. The van der Waals surface area contributed by atoms with Gasteiger partial charge in [-0.1, -0.05) is 51.4 Å². The van der Waals surface area contributed by atoms with Crippen molar-refractivity contribution in [2.75, 3.05) is 27.3 Å². The van der Waals surface area contributed by atoms with Gasteiger partial charge in [0.2, 0.25) is 5.91 Å². The minimum Gasteiger partial charge on any atom is -0.493 e. The third-order valence-corrected chi connectivity index (χ3v) is 9.33. The second-order valence-corrected chi connectivity index (χ2v) is 13.9. The molecule has 1 saturated heterocycles. The maximum atomic E-state index is 13.6. The molecule has 1 unspecified atom stereocenters. The number of halogens is 1. The van der Waals surface area contributed by atoms with Crippen molar-refractivity contribution >= 4 is 23.5 Å². The standard InChI is InChI=1S/C35H45ClN4O6/c1-7-23(34(42)43)21-15-17-39(18-16-21)30(41)14-13-28-33-38-37-29(20-35(2,3)4)40(33)26-12-11-22(36)19-25(26)31(46-28)24-9-8-10-27(44-5)32(24)45-6/h8-12,19,21,23,28,31H,7,13-18,20H2,1-6H3,(H,42,43)/t23?,28-,31-/m1/s1. The van der Waals surface area contributed by atoms with Crippen LogP contribution in [0.5, 0.6) is 11.5 Å². The third kappa shape index (κ3) is 7.03. The minimum atomic E-state index is -0.753. The lowest BCUT2D eigenvalue weighted by Gasteiger charge is -2.34. The minimum absolute atomic E-state index is 0.0201. The van der Waals surface area contributed by atoms with Crippen LogP contribution in [0.4, 0.5) is 0 Å². The molecule has 11 heteroatoms. The highest BCUT2D eigenvalue weighted by atomic mass is 35.5. The smallest absolute Gasteiger partial charge is 0.306 e. The van der Waals surface area contributed by atoms with Crippen LogP contribution in [0.2, 0.25) is 5.02 Å². The Labute approximate surface area is 276 Å². The maximum Gasteiger partial charge on any atom is 0.306 e. The second-order valence-electron chi connectivity index (χ2n) is 13.4. The first-order valence-corrected chi connectivity index (χ1v) is 16.4. The van der Waals surface area contributed by atoms with E-state index in [4.69, 9.17) is 25.8 Å². The van der Waals surface area contributed by atoms with Crippen molar-refractivity contribution in [1.82, 2.24) is 19.7 Å². The van der Waals surface area contributed by atoms with Gasteiger partial charge in [-0.3, -0.25) is 14.2 Å². The van der Waals surface area contributed by atoms with Gasteiger partial charge in [0.15, 0.2) is 17.3 Å². The van der Waals surface area contributed by atoms with Crippen LogP contribution in [-0.4, -0.2) is 64.0 Å². The zero-order valence-electron chi connectivity index (χ0n) is 27.6. The summed E-state index contributed by atoms with van der Waals surface area (Å²) in [5, 5.41) is 19.5. The Bertz CT molecular complexity index is 1560. The van der Waals surface area contributed by atoms with Crippen LogP contribution in [0.1, 0.15) is 94.8 Å². The first-order valence-electron chi connectivity index (χ1n) is 16.1. The Morgan fingerprint density at radius 2 is 1.83 bits per heavy atom. The summed E-state index contributed by atoms with van der Waals surface area (Å²) in [5.41, 5.74) is 2.39. The van der Waals surface area contributed by atoms with Gasteiger partial charge in [-0.2, -0.15) is 0 Å². The summed E-state index contributed by atoms with van der Waals surface area (Å²) >= 11 is 6.61. The predicted molar refractivity (Wildman–Crippen MR) is 175 cm³/mol. The number of ether oxygens (including phenoxy) is 3. The summed E-state index contributed by atoms with van der Waals surface area (Å²) in [6.45, 7) is 9.50. The van der Waals surface area contributed by atoms with Crippen LogP contribution in [-0.2, 0) is 20.7 Å². The first kappa shape index (κ1) is 33.7. The Morgan fingerprint density at radius 1 is 1.09 bits per heavy atom. The molecule has 1 aromatic heterocycles. The van der Waals surface area contributed by atoms with Gasteiger partial charge in [0, 0.05) is 42.1 Å². The number of carboxylic acids is 1. The lowest BCUT2D eigenvalue weighted by atomic mass is 9.82. The highest BCUT2D eigenvalue weighted by Gasteiger charge is 2.37. The van der Waals surface area contributed by atoms with Crippen molar-refractivity contribution in [1.29, 1.82) is 0 Å². The quantitative estimate of drug-likeness (QED) is 0.254. The molecule has 3 aromatic rings. The average Bonchev–Trinajstić information content (AvgIpc) is 3.36. The van der Waals surface area contributed by atoms with Crippen LogP contribution in [0.15, 0.2) is 36.4 Å². The molecule has 5 rings (SSSR count). The fraction of sp³-hybridized carbons (Fsp3) is 0.543. The van der Waals surface area contributed by atoms with E-state index in [9.17, 15) is 14.7 Å². The number of benzene rings is 2. The molecule has 3 heterocycles. The maximum absolute atomic E-state index is 13.6. The average molecular weight is 653 g/mol. The molecule has 248 valence electrons. The Balaban J connectivity index is 1.49. The topological polar surface area (TPSA) is 116 Å². The van der Waals surface area contributed by atoms with E-state index in [0.717, 1.165) is 22.6 Å². The van der Waals surface area contributed by atoms with E-state index < -0.39 is 18.2 Å². The zero-order chi connectivity index (χ0) is 33.2. The number of rotatable bonds is 10. The van der Waals surface area contributed by atoms with Gasteiger partial charge in [0.25, 0.3) is 0 Å². The largest absolute Gasteiger partial charge is 0.493 e. The Morgan fingerprint density at radius 3 is 2.46 bits per heavy atom. The summed E-state index contributed by atoms with van der Waals surface area (Å²) in [4.78, 5) is 27.1. The molecule has 1 amide bonds. The zero-order valence-corrected chi connectivity index (χ0v) is 28.3. The number of nitrogens with zero attached hydrogens (tertiary/aromatic N) is 4. The monoisotopic (exact) mass is 652 g/mol. The van der Waals surface area contributed by atoms with E-state index in [1.165, 1.54) is 0 Å². The van der Waals surface area contributed by atoms with Crippen LogP contribution >= 0.6 is 11.6 Å². The van der Waals surface area contributed by atoms with Crippen molar-refractivity contribution in [2.24, 2.45) is 17.3 Å². The first-order chi connectivity index (χ1) is 21.9. The highest BCUT2D eigenvalue weighted by Crippen LogP contribution is 2.47. The number of aromatic nitrogens is 3. The van der Waals surface area contributed by atoms with Crippen LogP contribution in [0.3, 0.4) is 0 Å². The van der Waals surface area contributed by atoms with Crippen LogP contribution < -0.4 is 9.47 Å². The van der Waals surface area contributed by atoms with Gasteiger partial charge < -0.3 is 24.2 Å². The van der Waals surface area contributed by atoms with E-state index >= 15 is 0 Å². The molecule has 46 heavy (non-hydrogen) atoms. The Kier molecular flexibility index (Phi) is 10.3. The molecular formula is C35H45ClN4O6. The SMILES string of the molecule is CCC(C(=O)O)C1CCN(C(=O)CC[C@H]2O[C@H](c3cccc(OC)c3OC)c3cc(Cl)ccc3-n3c(CC(C)(C)C)nnc32)CC1. The van der Waals surface area contributed by atoms with Gasteiger partial charge in [-0.05, 0) is 61.3 Å². The number of carbonyl (C=O) groups excluding carboxylic acids is 1. The molecule has 0 radical (unpaired) electrons. The van der Waals surface area contributed by atoms with Crippen molar-refractivity contribution < 1.29 is 28.9 Å². The van der Waals surface area contributed by atoms with Gasteiger partial charge in [0.05, 0.1) is 25.8 Å². The molecule has 0 spiro atoms. The Hall–Kier alpha value is -3.63. The fourth-order valence-corrected chi connectivity index (χ4v) is 7.04. The van der Waals surface area contributed by atoms with E-state index in [-0.39, 0.29) is 29.6 Å². The van der Waals surface area contributed by atoms with E-state index in [2.05, 4.69) is 35.5 Å². The van der Waals surface area contributed by atoms with Crippen molar-refractivity contribution in [2.45, 2.75) is 78.4 Å². The highest BCUT2D eigenvalue weighted by molar-refractivity contribution is 6.30. The lowest BCUT2D eigenvalue weighted by molar-refractivity contribution is -0.145. The number of carboxylic acid groups (broad SMARTS) is 1. The summed E-state index contributed by atoms with van der Waals surface area (Å²) in [5.74, 6) is 1.54. The number of piperidine rings is 1. The fourth-order valence-electron chi connectivity index (χ4n) is 6.86. The van der Waals surface area contributed by atoms with Crippen molar-refractivity contribution in [3.8, 4) is 17.2 Å². The third-order valence-electron chi connectivity index (χ3n) is 9.10. The normalized spacial score (nSPS) is 19.2. The predicted octanol–water partition coefficient (Wildman–Crippen LogP) is 6.82. The number of hydrogen-bond donors (Lipinski definition) is 1. The van der Waals surface area contributed by atoms with E-state index in [1.54, 1.807) is 14.2 Å².